The highest BCUT2D eigenvalue weighted by Crippen LogP contribution is 2.16. The van der Waals surface area contributed by atoms with Crippen molar-refractivity contribution in [1.29, 1.82) is 0 Å². The van der Waals surface area contributed by atoms with Gasteiger partial charge in [-0.1, -0.05) is 30.3 Å². The number of hydrogen-bond acceptors (Lipinski definition) is 4. The predicted molar refractivity (Wildman–Crippen MR) is 90.3 cm³/mol. The number of piperidine rings is 1. The minimum absolute atomic E-state index is 0.00192. The van der Waals surface area contributed by atoms with Crippen LogP contribution in [0.25, 0.3) is 0 Å². The molecule has 2 saturated heterocycles. The zero-order chi connectivity index (χ0) is 16.8. The third kappa shape index (κ3) is 4.79. The second-order valence-electron chi connectivity index (χ2n) is 6.44. The molecule has 2 fully saturated rings. The Labute approximate surface area is 142 Å². The van der Waals surface area contributed by atoms with E-state index < -0.39 is 0 Å². The Kier molecular flexibility index (Phi) is 5.82. The van der Waals surface area contributed by atoms with Crippen LogP contribution in [0.2, 0.25) is 0 Å². The molecular formula is C18H25N3O3. The first kappa shape index (κ1) is 16.9. The third-order valence-electron chi connectivity index (χ3n) is 4.60. The first-order valence-corrected chi connectivity index (χ1v) is 8.63. The number of piperazine rings is 1. The van der Waals surface area contributed by atoms with Crippen LogP contribution in [0, 0.1) is 0 Å². The number of hydrogen-bond donors (Lipinski definition) is 1. The summed E-state index contributed by atoms with van der Waals surface area (Å²) in [6, 6.07) is 10.2. The zero-order valence-electron chi connectivity index (χ0n) is 13.9. The van der Waals surface area contributed by atoms with Gasteiger partial charge in [-0.15, -0.1) is 0 Å². The highest BCUT2D eigenvalue weighted by atomic mass is 16.5. The smallest absolute Gasteiger partial charge is 0.236 e. The molecule has 0 unspecified atom stereocenters. The molecule has 0 aromatic heterocycles. The van der Waals surface area contributed by atoms with Crippen LogP contribution >= 0.6 is 0 Å². The fourth-order valence-corrected chi connectivity index (χ4v) is 3.18. The van der Waals surface area contributed by atoms with Crippen LogP contribution < -0.4 is 5.32 Å². The lowest BCUT2D eigenvalue weighted by molar-refractivity contribution is -0.136. The molecule has 1 N–H and O–H groups in total. The van der Waals surface area contributed by atoms with E-state index in [0.29, 0.717) is 26.2 Å². The van der Waals surface area contributed by atoms with Crippen molar-refractivity contribution in [2.24, 2.45) is 0 Å². The van der Waals surface area contributed by atoms with Gasteiger partial charge < -0.3 is 15.0 Å². The second kappa shape index (κ2) is 8.26. The summed E-state index contributed by atoms with van der Waals surface area (Å²) in [7, 11) is 0. The van der Waals surface area contributed by atoms with Crippen LogP contribution in [0.3, 0.4) is 0 Å². The first-order valence-electron chi connectivity index (χ1n) is 8.63. The minimum atomic E-state index is 0.00192. The van der Waals surface area contributed by atoms with E-state index in [9.17, 15) is 9.59 Å². The van der Waals surface area contributed by atoms with E-state index in [1.165, 1.54) is 5.56 Å². The van der Waals surface area contributed by atoms with Gasteiger partial charge in [0.1, 0.15) is 0 Å². The van der Waals surface area contributed by atoms with Crippen molar-refractivity contribution in [2.45, 2.75) is 25.6 Å². The summed E-state index contributed by atoms with van der Waals surface area (Å²) < 4.78 is 5.96. The fraction of sp³-hybridized carbons (Fsp3) is 0.556. The van der Waals surface area contributed by atoms with Crippen LogP contribution in [0.15, 0.2) is 30.3 Å². The molecule has 3 rings (SSSR count). The molecule has 0 saturated carbocycles. The van der Waals surface area contributed by atoms with Gasteiger partial charge in [-0.25, -0.2) is 0 Å². The molecule has 1 aromatic carbocycles. The molecular weight excluding hydrogens is 306 g/mol. The lowest BCUT2D eigenvalue weighted by Crippen LogP contribution is -2.52. The molecule has 0 spiro atoms. The van der Waals surface area contributed by atoms with Gasteiger partial charge in [0.05, 0.1) is 25.8 Å². The normalized spacial score (nSPS) is 20.0. The number of likely N-dealkylation sites (tertiary alicyclic amines) is 1. The maximum Gasteiger partial charge on any atom is 0.236 e. The van der Waals surface area contributed by atoms with Crippen LogP contribution in [0.1, 0.15) is 18.4 Å². The molecule has 0 aliphatic carbocycles. The van der Waals surface area contributed by atoms with Crippen molar-refractivity contribution in [3.63, 3.8) is 0 Å². The summed E-state index contributed by atoms with van der Waals surface area (Å²) in [6.07, 6.45) is 1.97. The highest BCUT2D eigenvalue weighted by molar-refractivity contribution is 5.81. The van der Waals surface area contributed by atoms with E-state index in [1.807, 2.05) is 28.0 Å². The molecule has 24 heavy (non-hydrogen) atoms. The van der Waals surface area contributed by atoms with E-state index in [1.54, 1.807) is 0 Å². The van der Waals surface area contributed by atoms with Gasteiger partial charge in [0, 0.05) is 26.2 Å². The van der Waals surface area contributed by atoms with E-state index in [0.717, 1.165) is 32.5 Å². The summed E-state index contributed by atoms with van der Waals surface area (Å²) >= 11 is 0. The molecule has 2 aliphatic heterocycles. The zero-order valence-corrected chi connectivity index (χ0v) is 13.9. The number of nitrogens with one attached hydrogen (secondary N) is 1. The van der Waals surface area contributed by atoms with Crippen molar-refractivity contribution in [3.8, 4) is 0 Å². The monoisotopic (exact) mass is 331 g/mol. The highest BCUT2D eigenvalue weighted by Gasteiger charge is 2.26. The SMILES string of the molecule is O=C1CN(CC(=O)N2CCC(OCc3ccccc3)CC2)CCN1. The maximum atomic E-state index is 12.4. The predicted octanol–water partition coefficient (Wildman–Crippen LogP) is 0.626. The Morgan fingerprint density at radius 3 is 2.62 bits per heavy atom. The van der Waals surface area contributed by atoms with Gasteiger partial charge in [-0.05, 0) is 18.4 Å². The molecule has 6 heteroatoms. The molecule has 1 aromatic rings. The van der Waals surface area contributed by atoms with Gasteiger partial charge in [-0.3, -0.25) is 14.5 Å². The van der Waals surface area contributed by atoms with Gasteiger partial charge >= 0.3 is 0 Å². The summed E-state index contributed by atoms with van der Waals surface area (Å²) in [5.41, 5.74) is 1.18. The van der Waals surface area contributed by atoms with Crippen LogP contribution in [-0.2, 0) is 20.9 Å². The quantitative estimate of drug-likeness (QED) is 0.859. The Balaban J connectivity index is 1.38. The van der Waals surface area contributed by atoms with Crippen molar-refractivity contribution in [1.82, 2.24) is 15.1 Å². The molecule has 0 bridgehead atoms. The van der Waals surface area contributed by atoms with Gasteiger partial charge in [0.25, 0.3) is 0 Å². The fourth-order valence-electron chi connectivity index (χ4n) is 3.18. The molecule has 6 nitrogen and oxygen atoms in total. The molecule has 2 heterocycles. The number of nitrogens with zero attached hydrogens (tertiary/aromatic N) is 2. The minimum Gasteiger partial charge on any atom is -0.373 e. The van der Waals surface area contributed by atoms with Crippen LogP contribution in [0.4, 0.5) is 0 Å². The topological polar surface area (TPSA) is 61.9 Å². The van der Waals surface area contributed by atoms with E-state index >= 15 is 0 Å². The molecule has 0 radical (unpaired) electrons. The summed E-state index contributed by atoms with van der Waals surface area (Å²) in [6.45, 7) is 4.12. The number of carbonyl (C=O) groups is 2. The summed E-state index contributed by atoms with van der Waals surface area (Å²) in [5.74, 6) is 0.119. The molecule has 0 atom stereocenters. The number of rotatable bonds is 5. The van der Waals surface area contributed by atoms with Gasteiger partial charge in [-0.2, -0.15) is 0 Å². The lowest BCUT2D eigenvalue weighted by Gasteiger charge is -2.34. The molecule has 2 aliphatic rings. The Morgan fingerprint density at radius 1 is 1.17 bits per heavy atom. The maximum absolute atomic E-state index is 12.4. The van der Waals surface area contributed by atoms with Crippen molar-refractivity contribution in [3.05, 3.63) is 35.9 Å². The van der Waals surface area contributed by atoms with Crippen LogP contribution in [0.5, 0.6) is 0 Å². The largest absolute Gasteiger partial charge is 0.373 e. The average molecular weight is 331 g/mol. The second-order valence-corrected chi connectivity index (χ2v) is 6.44. The van der Waals surface area contributed by atoms with E-state index in [2.05, 4.69) is 17.4 Å². The van der Waals surface area contributed by atoms with Crippen molar-refractivity contribution in [2.75, 3.05) is 39.3 Å². The molecule has 130 valence electrons. The number of carbonyl (C=O) groups excluding carboxylic acids is 2. The van der Waals surface area contributed by atoms with E-state index in [-0.39, 0.29) is 17.9 Å². The van der Waals surface area contributed by atoms with Gasteiger partial charge in [0.2, 0.25) is 11.8 Å². The number of ether oxygens (including phenoxy) is 1. The number of benzene rings is 1. The Bertz CT molecular complexity index is 556. The first-order chi connectivity index (χ1) is 11.7. The average Bonchev–Trinajstić information content (AvgIpc) is 2.61. The third-order valence-corrected chi connectivity index (χ3v) is 4.60. The van der Waals surface area contributed by atoms with Crippen molar-refractivity contribution >= 4 is 11.8 Å². The summed E-state index contributed by atoms with van der Waals surface area (Å²) in [4.78, 5) is 27.6. The van der Waals surface area contributed by atoms with Gasteiger partial charge in [0.15, 0.2) is 0 Å². The lowest BCUT2D eigenvalue weighted by atomic mass is 10.1. The number of amides is 2. The van der Waals surface area contributed by atoms with E-state index in [4.69, 9.17) is 4.74 Å². The molecule has 2 amide bonds. The Hall–Kier alpha value is -1.92. The van der Waals surface area contributed by atoms with Crippen LogP contribution in [-0.4, -0.2) is 67.0 Å². The Morgan fingerprint density at radius 2 is 1.92 bits per heavy atom. The van der Waals surface area contributed by atoms with Crippen molar-refractivity contribution < 1.29 is 14.3 Å². The summed E-state index contributed by atoms with van der Waals surface area (Å²) in [5, 5.41) is 2.78. The standard InChI is InChI=1S/C18H25N3O3/c22-17-12-20(11-8-19-17)13-18(23)21-9-6-16(7-10-21)24-14-15-4-2-1-3-5-15/h1-5,16H,6-14H2,(H,19,22).